The molecule has 1 nitrogen and oxygen atoms in total. The van der Waals surface area contributed by atoms with Gasteiger partial charge in [0.05, 0.1) is 6.26 Å². The van der Waals surface area contributed by atoms with Crippen LogP contribution in [0.2, 0.25) is 0 Å². The number of rotatable bonds is 1. The van der Waals surface area contributed by atoms with Crippen LogP contribution in [0, 0.1) is 0 Å². The van der Waals surface area contributed by atoms with Crippen LogP contribution in [-0.2, 0) is 12.8 Å². The highest BCUT2D eigenvalue weighted by molar-refractivity contribution is 5.67. The average molecular weight is 198 g/mol. The van der Waals surface area contributed by atoms with Crippen molar-refractivity contribution < 1.29 is 4.42 Å². The zero-order valence-corrected chi connectivity index (χ0v) is 8.70. The molecular formula is C14H14O. The molecule has 1 heteroatoms. The molecule has 15 heavy (non-hydrogen) atoms. The maximum Gasteiger partial charge on any atom is 0.107 e. The maximum atomic E-state index is 5.64. The normalized spacial score (nSPS) is 14.9. The Morgan fingerprint density at radius 2 is 1.73 bits per heavy atom. The fourth-order valence-corrected chi connectivity index (χ4v) is 2.35. The number of hydrogen-bond acceptors (Lipinski definition) is 1. The SMILES string of the molecule is c1ccc(-c2coc3c2CCCC3)cc1. The van der Waals surface area contributed by atoms with E-state index in [1.54, 1.807) is 0 Å². The third-order valence-electron chi connectivity index (χ3n) is 3.15. The van der Waals surface area contributed by atoms with Crippen molar-refractivity contribution in [2.75, 3.05) is 0 Å². The molecule has 76 valence electrons. The van der Waals surface area contributed by atoms with E-state index in [0.29, 0.717) is 0 Å². The topological polar surface area (TPSA) is 13.1 Å². The number of furan rings is 1. The summed E-state index contributed by atoms with van der Waals surface area (Å²) >= 11 is 0. The molecule has 0 aliphatic heterocycles. The van der Waals surface area contributed by atoms with Crippen molar-refractivity contribution in [2.45, 2.75) is 25.7 Å². The fraction of sp³-hybridized carbons (Fsp3) is 0.286. The van der Waals surface area contributed by atoms with Gasteiger partial charge in [0.2, 0.25) is 0 Å². The highest BCUT2D eigenvalue weighted by Crippen LogP contribution is 2.32. The Balaban J connectivity index is 2.09. The van der Waals surface area contributed by atoms with Gasteiger partial charge in [0.15, 0.2) is 0 Å². The molecule has 0 bridgehead atoms. The Labute approximate surface area is 89.7 Å². The van der Waals surface area contributed by atoms with Gasteiger partial charge in [-0.25, -0.2) is 0 Å². The Morgan fingerprint density at radius 1 is 0.933 bits per heavy atom. The molecule has 0 unspecified atom stereocenters. The van der Waals surface area contributed by atoms with Crippen LogP contribution in [0.4, 0.5) is 0 Å². The average Bonchev–Trinajstić information content (AvgIpc) is 2.74. The van der Waals surface area contributed by atoms with Crippen LogP contribution in [0.5, 0.6) is 0 Å². The number of aryl methyl sites for hydroxylation is 1. The maximum absolute atomic E-state index is 5.64. The highest BCUT2D eigenvalue weighted by atomic mass is 16.3. The summed E-state index contributed by atoms with van der Waals surface area (Å²) in [6, 6.07) is 10.5. The first kappa shape index (κ1) is 8.78. The molecule has 0 atom stereocenters. The minimum absolute atomic E-state index is 1.11. The quantitative estimate of drug-likeness (QED) is 0.678. The lowest BCUT2D eigenvalue weighted by molar-refractivity contribution is 0.478. The van der Waals surface area contributed by atoms with Crippen LogP contribution >= 0.6 is 0 Å². The lowest BCUT2D eigenvalue weighted by atomic mass is 9.93. The smallest absolute Gasteiger partial charge is 0.107 e. The summed E-state index contributed by atoms with van der Waals surface area (Å²) in [4.78, 5) is 0. The van der Waals surface area contributed by atoms with Gasteiger partial charge in [-0.05, 0) is 24.8 Å². The van der Waals surface area contributed by atoms with Gasteiger partial charge in [-0.1, -0.05) is 30.3 Å². The first-order valence-electron chi connectivity index (χ1n) is 5.60. The van der Waals surface area contributed by atoms with Crippen LogP contribution in [0.25, 0.3) is 11.1 Å². The number of fused-ring (bicyclic) bond motifs is 1. The van der Waals surface area contributed by atoms with Gasteiger partial charge in [0.25, 0.3) is 0 Å². The molecular weight excluding hydrogens is 184 g/mol. The minimum Gasteiger partial charge on any atom is -0.468 e. The van der Waals surface area contributed by atoms with Gasteiger partial charge < -0.3 is 4.42 Å². The van der Waals surface area contributed by atoms with Crippen molar-refractivity contribution in [3.05, 3.63) is 47.9 Å². The van der Waals surface area contributed by atoms with Crippen LogP contribution in [0.3, 0.4) is 0 Å². The molecule has 1 aromatic heterocycles. The molecule has 0 spiro atoms. The van der Waals surface area contributed by atoms with E-state index in [-0.39, 0.29) is 0 Å². The number of hydrogen-bond donors (Lipinski definition) is 0. The Kier molecular flexibility index (Phi) is 2.09. The zero-order chi connectivity index (χ0) is 10.1. The first-order chi connectivity index (χ1) is 7.45. The largest absolute Gasteiger partial charge is 0.468 e. The summed E-state index contributed by atoms with van der Waals surface area (Å²) in [5.74, 6) is 1.21. The molecule has 0 saturated carbocycles. The van der Waals surface area contributed by atoms with Crippen LogP contribution in [0.15, 0.2) is 41.0 Å². The van der Waals surface area contributed by atoms with Crippen molar-refractivity contribution in [1.29, 1.82) is 0 Å². The van der Waals surface area contributed by atoms with Crippen molar-refractivity contribution in [1.82, 2.24) is 0 Å². The van der Waals surface area contributed by atoms with Gasteiger partial charge in [-0.3, -0.25) is 0 Å². The van der Waals surface area contributed by atoms with E-state index < -0.39 is 0 Å². The third-order valence-corrected chi connectivity index (χ3v) is 3.15. The van der Waals surface area contributed by atoms with E-state index in [4.69, 9.17) is 4.42 Å². The summed E-state index contributed by atoms with van der Waals surface area (Å²) in [5.41, 5.74) is 4.02. The molecule has 1 aromatic carbocycles. The standard InChI is InChI=1S/C14H14O/c1-2-6-11(7-3-1)13-10-15-14-9-5-4-8-12(13)14/h1-3,6-7,10H,4-5,8-9H2. The van der Waals surface area contributed by atoms with Gasteiger partial charge in [0, 0.05) is 17.5 Å². The van der Waals surface area contributed by atoms with Crippen molar-refractivity contribution in [3.8, 4) is 11.1 Å². The van der Waals surface area contributed by atoms with Crippen molar-refractivity contribution in [3.63, 3.8) is 0 Å². The van der Waals surface area contributed by atoms with Gasteiger partial charge >= 0.3 is 0 Å². The minimum atomic E-state index is 1.11. The fourth-order valence-electron chi connectivity index (χ4n) is 2.35. The molecule has 3 rings (SSSR count). The van der Waals surface area contributed by atoms with Crippen molar-refractivity contribution >= 4 is 0 Å². The second-order valence-electron chi connectivity index (χ2n) is 4.12. The molecule has 0 N–H and O–H groups in total. The molecule has 1 heterocycles. The second kappa shape index (κ2) is 3.58. The van der Waals surface area contributed by atoms with E-state index in [1.165, 1.54) is 41.7 Å². The predicted molar refractivity (Wildman–Crippen MR) is 60.8 cm³/mol. The Morgan fingerprint density at radius 3 is 2.60 bits per heavy atom. The van der Waals surface area contributed by atoms with Gasteiger partial charge in [0.1, 0.15) is 5.76 Å². The predicted octanol–water partition coefficient (Wildman–Crippen LogP) is 3.83. The van der Waals surface area contributed by atoms with E-state index in [9.17, 15) is 0 Å². The molecule has 0 amide bonds. The van der Waals surface area contributed by atoms with Crippen LogP contribution in [0.1, 0.15) is 24.2 Å². The van der Waals surface area contributed by atoms with Crippen LogP contribution in [-0.4, -0.2) is 0 Å². The van der Waals surface area contributed by atoms with Crippen molar-refractivity contribution in [2.24, 2.45) is 0 Å². The number of benzene rings is 1. The summed E-state index contributed by atoms with van der Waals surface area (Å²) in [7, 11) is 0. The van der Waals surface area contributed by atoms with E-state index in [2.05, 4.69) is 30.3 Å². The third kappa shape index (κ3) is 1.48. The Bertz CT molecular complexity index is 453. The molecule has 2 aromatic rings. The summed E-state index contributed by atoms with van der Waals surface area (Å²) in [5, 5.41) is 0. The van der Waals surface area contributed by atoms with Crippen LogP contribution < -0.4 is 0 Å². The molecule has 0 saturated heterocycles. The second-order valence-corrected chi connectivity index (χ2v) is 4.12. The summed E-state index contributed by atoms with van der Waals surface area (Å²) in [6.07, 6.45) is 6.78. The monoisotopic (exact) mass is 198 g/mol. The van der Waals surface area contributed by atoms with E-state index in [1.807, 2.05) is 6.26 Å². The molecule has 0 fully saturated rings. The first-order valence-corrected chi connectivity index (χ1v) is 5.60. The zero-order valence-electron chi connectivity index (χ0n) is 8.70. The summed E-state index contributed by atoms with van der Waals surface area (Å²) < 4.78 is 5.64. The molecule has 1 aliphatic carbocycles. The molecule has 1 aliphatic rings. The van der Waals surface area contributed by atoms with E-state index in [0.717, 1.165) is 6.42 Å². The Hall–Kier alpha value is -1.50. The molecule has 0 radical (unpaired) electrons. The lowest BCUT2D eigenvalue weighted by Gasteiger charge is -2.10. The van der Waals surface area contributed by atoms with Gasteiger partial charge in [-0.15, -0.1) is 0 Å². The van der Waals surface area contributed by atoms with E-state index >= 15 is 0 Å². The van der Waals surface area contributed by atoms with Gasteiger partial charge in [-0.2, -0.15) is 0 Å². The summed E-state index contributed by atoms with van der Waals surface area (Å²) in [6.45, 7) is 0. The lowest BCUT2D eigenvalue weighted by Crippen LogP contribution is -1.99. The highest BCUT2D eigenvalue weighted by Gasteiger charge is 2.17.